The second-order valence-electron chi connectivity index (χ2n) is 6.97. The highest BCUT2D eigenvalue weighted by Crippen LogP contribution is 2.17. The molecule has 0 aliphatic carbocycles. The van der Waals surface area contributed by atoms with E-state index in [1.807, 2.05) is 18.3 Å². The van der Waals surface area contributed by atoms with Crippen LogP contribution in [0.1, 0.15) is 68.3 Å². The van der Waals surface area contributed by atoms with Crippen molar-refractivity contribution in [1.82, 2.24) is 9.97 Å². The molecule has 5 nitrogen and oxygen atoms in total. The van der Waals surface area contributed by atoms with Crippen LogP contribution in [0.5, 0.6) is 0 Å². The van der Waals surface area contributed by atoms with Gasteiger partial charge in [0.05, 0.1) is 5.56 Å². The fourth-order valence-electron chi connectivity index (χ4n) is 2.93. The van der Waals surface area contributed by atoms with Gasteiger partial charge in [0.2, 0.25) is 5.78 Å². The van der Waals surface area contributed by atoms with Gasteiger partial charge in [-0.25, -0.2) is 14.8 Å². The van der Waals surface area contributed by atoms with E-state index in [1.54, 1.807) is 31.2 Å². The zero-order valence-electron chi connectivity index (χ0n) is 17.2. The molecule has 0 amide bonds. The molecule has 1 aromatic heterocycles. The van der Waals surface area contributed by atoms with E-state index in [2.05, 4.69) is 16.9 Å². The van der Waals surface area contributed by atoms with E-state index in [-0.39, 0.29) is 0 Å². The van der Waals surface area contributed by atoms with E-state index in [0.29, 0.717) is 17.8 Å². The number of terminal acetylenes is 1. The number of nitrogens with zero attached hydrogens (tertiary/aromatic N) is 2. The standard InChI is InChI=1S/C24H28N2O3/c1-4-7-8-9-10-11-18-16-25-23(26-17-18)19-12-14-20(15-13-19)24(28)29-22(6-3)21(27)5-2/h2,12-17,22H,4,6-11H2,1,3H3. The van der Waals surface area contributed by atoms with Crippen molar-refractivity contribution in [3.05, 3.63) is 47.8 Å². The predicted octanol–water partition coefficient (Wildman–Crippen LogP) is 4.79. The molecule has 0 N–H and O–H groups in total. The van der Waals surface area contributed by atoms with Crippen LogP contribution in [0.15, 0.2) is 36.7 Å². The molecule has 29 heavy (non-hydrogen) atoms. The lowest BCUT2D eigenvalue weighted by Gasteiger charge is -2.12. The van der Waals surface area contributed by atoms with Crippen LogP contribution in [0.2, 0.25) is 0 Å². The molecule has 1 heterocycles. The fourth-order valence-corrected chi connectivity index (χ4v) is 2.93. The quantitative estimate of drug-likeness (QED) is 0.238. The van der Waals surface area contributed by atoms with Crippen molar-refractivity contribution in [1.29, 1.82) is 0 Å². The normalized spacial score (nSPS) is 11.5. The first-order valence-electron chi connectivity index (χ1n) is 10.2. The molecule has 0 saturated carbocycles. The number of aryl methyl sites for hydroxylation is 1. The molecular weight excluding hydrogens is 364 g/mol. The van der Waals surface area contributed by atoms with Crippen LogP contribution >= 0.6 is 0 Å². The Morgan fingerprint density at radius 3 is 2.28 bits per heavy atom. The molecule has 1 aromatic carbocycles. The summed E-state index contributed by atoms with van der Waals surface area (Å²) in [5, 5.41) is 0. The number of carbonyl (C=O) groups is 2. The summed E-state index contributed by atoms with van der Waals surface area (Å²) in [6.07, 6.45) is 15.4. The van der Waals surface area contributed by atoms with Gasteiger partial charge in [-0.1, -0.05) is 51.7 Å². The number of esters is 1. The Morgan fingerprint density at radius 1 is 1.03 bits per heavy atom. The molecule has 0 bridgehead atoms. The first kappa shape index (κ1) is 22.3. The summed E-state index contributed by atoms with van der Waals surface area (Å²) in [6.45, 7) is 3.95. The lowest BCUT2D eigenvalue weighted by atomic mass is 10.1. The van der Waals surface area contributed by atoms with Crippen molar-refractivity contribution in [2.75, 3.05) is 0 Å². The molecule has 152 valence electrons. The molecule has 2 rings (SSSR count). The largest absolute Gasteiger partial charge is 0.450 e. The minimum absolute atomic E-state index is 0.339. The second-order valence-corrected chi connectivity index (χ2v) is 6.97. The third-order valence-corrected chi connectivity index (χ3v) is 4.71. The average molecular weight is 392 g/mol. The molecular formula is C24H28N2O3. The molecule has 0 saturated heterocycles. The molecule has 0 spiro atoms. The summed E-state index contributed by atoms with van der Waals surface area (Å²) >= 11 is 0. The SMILES string of the molecule is C#CC(=O)C(CC)OC(=O)c1ccc(-c2ncc(CCCCCCC)cn2)cc1. The predicted molar refractivity (Wildman–Crippen MR) is 113 cm³/mol. The van der Waals surface area contributed by atoms with Crippen LogP contribution in [-0.4, -0.2) is 27.8 Å². The highest BCUT2D eigenvalue weighted by atomic mass is 16.5. The lowest BCUT2D eigenvalue weighted by Crippen LogP contribution is -2.25. The minimum atomic E-state index is -0.912. The molecule has 0 radical (unpaired) electrons. The number of hydrogen-bond acceptors (Lipinski definition) is 5. The Kier molecular flexibility index (Phi) is 9.04. The van der Waals surface area contributed by atoms with Gasteiger partial charge in [0.25, 0.3) is 0 Å². The van der Waals surface area contributed by atoms with Gasteiger partial charge in [0.15, 0.2) is 11.9 Å². The van der Waals surface area contributed by atoms with Crippen LogP contribution < -0.4 is 0 Å². The van der Waals surface area contributed by atoms with Gasteiger partial charge in [-0.3, -0.25) is 4.79 Å². The molecule has 0 aliphatic heterocycles. The van der Waals surface area contributed by atoms with Crippen LogP contribution in [0.3, 0.4) is 0 Å². The van der Waals surface area contributed by atoms with Crippen LogP contribution in [0.25, 0.3) is 11.4 Å². The van der Waals surface area contributed by atoms with E-state index in [9.17, 15) is 9.59 Å². The van der Waals surface area contributed by atoms with Gasteiger partial charge >= 0.3 is 5.97 Å². The van der Waals surface area contributed by atoms with Gasteiger partial charge in [0, 0.05) is 18.0 Å². The summed E-state index contributed by atoms with van der Waals surface area (Å²) in [5.41, 5.74) is 2.29. The van der Waals surface area contributed by atoms with Crippen molar-refractivity contribution in [3.63, 3.8) is 0 Å². The van der Waals surface area contributed by atoms with Crippen LogP contribution in [0, 0.1) is 12.3 Å². The Bertz CT molecular complexity index is 836. The fraction of sp³-hybridized carbons (Fsp3) is 0.417. The van der Waals surface area contributed by atoms with Crippen molar-refractivity contribution >= 4 is 11.8 Å². The molecule has 2 aromatic rings. The average Bonchev–Trinajstić information content (AvgIpc) is 2.77. The van der Waals surface area contributed by atoms with Crippen molar-refractivity contribution in [2.24, 2.45) is 0 Å². The number of unbranched alkanes of at least 4 members (excludes halogenated alkanes) is 4. The number of rotatable bonds is 11. The van der Waals surface area contributed by atoms with E-state index >= 15 is 0 Å². The zero-order chi connectivity index (χ0) is 21.1. The summed E-state index contributed by atoms with van der Waals surface area (Å²) < 4.78 is 5.20. The number of hydrogen-bond donors (Lipinski definition) is 0. The number of ether oxygens (including phenoxy) is 1. The van der Waals surface area contributed by atoms with Gasteiger partial charge in [0.1, 0.15) is 0 Å². The number of ketones is 1. The zero-order valence-corrected chi connectivity index (χ0v) is 17.2. The van der Waals surface area contributed by atoms with Gasteiger partial charge in [-0.05, 0) is 42.9 Å². The molecule has 0 aliphatic rings. The molecule has 1 atom stereocenters. The van der Waals surface area contributed by atoms with Gasteiger partial charge in [-0.15, -0.1) is 6.42 Å². The molecule has 1 unspecified atom stereocenters. The van der Waals surface area contributed by atoms with Crippen molar-refractivity contribution in [2.45, 2.75) is 64.9 Å². The van der Waals surface area contributed by atoms with Gasteiger partial charge < -0.3 is 4.74 Å². The van der Waals surface area contributed by atoms with E-state index in [4.69, 9.17) is 11.2 Å². The Hall–Kier alpha value is -3.00. The molecule has 5 heteroatoms. The van der Waals surface area contributed by atoms with Crippen molar-refractivity contribution < 1.29 is 14.3 Å². The monoisotopic (exact) mass is 392 g/mol. The summed E-state index contributed by atoms with van der Waals surface area (Å²) in [6, 6.07) is 6.80. The second kappa shape index (κ2) is 11.8. The lowest BCUT2D eigenvalue weighted by molar-refractivity contribution is -0.122. The maximum atomic E-state index is 12.2. The van der Waals surface area contributed by atoms with E-state index in [1.165, 1.54) is 25.7 Å². The summed E-state index contributed by atoms with van der Waals surface area (Å²) in [7, 11) is 0. The van der Waals surface area contributed by atoms with Gasteiger partial charge in [-0.2, -0.15) is 0 Å². The highest BCUT2D eigenvalue weighted by Gasteiger charge is 2.20. The van der Waals surface area contributed by atoms with Crippen LogP contribution in [0.4, 0.5) is 0 Å². The maximum Gasteiger partial charge on any atom is 0.338 e. The van der Waals surface area contributed by atoms with E-state index < -0.39 is 17.9 Å². The third-order valence-electron chi connectivity index (χ3n) is 4.71. The smallest absolute Gasteiger partial charge is 0.338 e. The first-order chi connectivity index (χ1) is 14.1. The Morgan fingerprint density at radius 2 is 1.69 bits per heavy atom. The number of Topliss-reactive ketones (excluding diaryl/α,β-unsaturated/α-hetero) is 1. The topological polar surface area (TPSA) is 69.2 Å². The van der Waals surface area contributed by atoms with E-state index in [0.717, 1.165) is 24.0 Å². The first-order valence-corrected chi connectivity index (χ1v) is 10.2. The number of benzene rings is 1. The molecule has 0 fully saturated rings. The highest BCUT2D eigenvalue weighted by molar-refractivity contribution is 6.00. The third kappa shape index (κ3) is 6.83. The Balaban J connectivity index is 1.95. The van der Waals surface area contributed by atoms with Crippen LogP contribution in [-0.2, 0) is 16.0 Å². The number of aromatic nitrogens is 2. The Labute approximate surface area is 172 Å². The maximum absolute atomic E-state index is 12.2. The number of carbonyl (C=O) groups excluding carboxylic acids is 2. The summed E-state index contributed by atoms with van der Waals surface area (Å²) in [4.78, 5) is 32.7. The van der Waals surface area contributed by atoms with Crippen molar-refractivity contribution in [3.8, 4) is 23.7 Å². The minimum Gasteiger partial charge on any atom is -0.450 e. The summed E-state index contributed by atoms with van der Waals surface area (Å²) in [5.74, 6) is 1.49.